The van der Waals surface area contributed by atoms with E-state index in [1.54, 1.807) is 60.2 Å². The number of nitrogens with zero attached hydrogens (tertiary/aromatic N) is 2. The number of amides is 3. The lowest BCUT2D eigenvalue weighted by molar-refractivity contribution is -0.139. The number of likely N-dealkylation sites (N-methyl/N-ethyl adjacent to an activating group) is 2. The van der Waals surface area contributed by atoms with Crippen molar-refractivity contribution in [3.05, 3.63) is 71.3 Å². The molecule has 0 aromatic heterocycles. The number of carbonyl (C=O) groups is 4. The second-order valence-corrected chi connectivity index (χ2v) is 17.1. The van der Waals surface area contributed by atoms with Gasteiger partial charge in [0.15, 0.2) is 0 Å². The third-order valence-electron chi connectivity index (χ3n) is 9.07. The first-order valence-electron chi connectivity index (χ1n) is 17.3. The topological polar surface area (TPSA) is 135 Å². The Bertz CT molecular complexity index is 1560. The summed E-state index contributed by atoms with van der Waals surface area (Å²) in [6.45, 7) is 18.1. The van der Waals surface area contributed by atoms with E-state index in [0.717, 1.165) is 16.9 Å². The summed E-state index contributed by atoms with van der Waals surface area (Å²) in [4.78, 5) is 57.7. The molecule has 3 amide bonds. The van der Waals surface area contributed by atoms with Gasteiger partial charge in [0.25, 0.3) is 0 Å². The fraction of sp³-hybridized carbons (Fsp3) is 0.550. The van der Waals surface area contributed by atoms with Gasteiger partial charge in [0, 0.05) is 35.6 Å². The summed E-state index contributed by atoms with van der Waals surface area (Å²) in [5.41, 5.74) is 0.0428. The quantitative estimate of drug-likeness (QED) is 0.176. The van der Waals surface area contributed by atoms with Gasteiger partial charge in [-0.25, -0.2) is 9.59 Å². The summed E-state index contributed by atoms with van der Waals surface area (Å²) < 4.78 is 15.5. The lowest BCUT2D eigenvalue weighted by atomic mass is 9.76. The molecular formula is C40H59N3O8S. The summed E-state index contributed by atoms with van der Waals surface area (Å²) in [6.07, 6.45) is 0.865. The molecular weight excluding hydrogens is 683 g/mol. The van der Waals surface area contributed by atoms with Crippen LogP contribution in [0.3, 0.4) is 0 Å². The third-order valence-corrected chi connectivity index (χ3v) is 10.5. The van der Waals surface area contributed by atoms with Gasteiger partial charge < -0.3 is 29.5 Å². The Balaban J connectivity index is 2.70. The van der Waals surface area contributed by atoms with Crippen LogP contribution in [0.25, 0.3) is 0 Å². The van der Waals surface area contributed by atoms with Crippen LogP contribution in [0.5, 0.6) is 11.5 Å². The van der Waals surface area contributed by atoms with E-state index in [9.17, 15) is 24.3 Å². The van der Waals surface area contributed by atoms with Crippen LogP contribution in [0.4, 0.5) is 4.79 Å². The van der Waals surface area contributed by atoms with Crippen LogP contribution in [0.15, 0.2) is 60.2 Å². The van der Waals surface area contributed by atoms with Gasteiger partial charge in [-0.1, -0.05) is 58.0 Å². The standard InChI is InChI=1S/C40H59N3O8S/c1-25(2)31(23-26(3)36(46)47)42(11)35(45)32(40(9,10)52-24-27-15-19-29(49-13)20-16-27)41-34(44)33(43(12)37(48)51-38(4,5)6)39(7,8)28-17-21-30(50-14)22-18-28/h15-23,25,31-33H,24H2,1-14H3,(H,41,44)(H,46,47)/t31-,32-,33-/m1/s1. The molecule has 0 aliphatic rings. The van der Waals surface area contributed by atoms with Gasteiger partial charge in [-0.05, 0) is 82.9 Å². The van der Waals surface area contributed by atoms with E-state index in [2.05, 4.69) is 5.32 Å². The molecule has 288 valence electrons. The van der Waals surface area contributed by atoms with Crippen molar-refractivity contribution in [3.63, 3.8) is 0 Å². The Morgan fingerprint density at radius 3 is 1.79 bits per heavy atom. The molecule has 52 heavy (non-hydrogen) atoms. The van der Waals surface area contributed by atoms with Crippen molar-refractivity contribution in [2.45, 2.75) is 109 Å². The Labute approximate surface area is 314 Å². The lowest BCUT2D eigenvalue weighted by Crippen LogP contribution is -2.64. The summed E-state index contributed by atoms with van der Waals surface area (Å²) in [7, 11) is 6.30. The molecule has 3 atom stereocenters. The molecule has 0 bridgehead atoms. The minimum absolute atomic E-state index is 0.104. The number of carbonyl (C=O) groups excluding carboxylic acids is 3. The van der Waals surface area contributed by atoms with Gasteiger partial charge in [-0.15, -0.1) is 11.8 Å². The predicted octanol–water partition coefficient (Wildman–Crippen LogP) is 6.93. The molecule has 2 aromatic rings. The van der Waals surface area contributed by atoms with Crippen molar-refractivity contribution in [1.82, 2.24) is 15.1 Å². The van der Waals surface area contributed by atoms with Gasteiger partial charge >= 0.3 is 12.1 Å². The van der Waals surface area contributed by atoms with Crippen molar-refractivity contribution in [1.29, 1.82) is 0 Å². The van der Waals surface area contributed by atoms with Crippen LogP contribution in [-0.2, 0) is 30.3 Å². The van der Waals surface area contributed by atoms with Gasteiger partial charge in [-0.2, -0.15) is 0 Å². The van der Waals surface area contributed by atoms with Crippen molar-refractivity contribution in [3.8, 4) is 11.5 Å². The van der Waals surface area contributed by atoms with Crippen LogP contribution >= 0.6 is 11.8 Å². The van der Waals surface area contributed by atoms with Crippen LogP contribution in [0, 0.1) is 5.92 Å². The van der Waals surface area contributed by atoms with Crippen LogP contribution in [0.1, 0.15) is 80.4 Å². The molecule has 2 N–H and O–H groups in total. The summed E-state index contributed by atoms with van der Waals surface area (Å²) >= 11 is 1.49. The molecule has 0 spiro atoms. The highest BCUT2D eigenvalue weighted by atomic mass is 32.2. The molecule has 0 saturated heterocycles. The van der Waals surface area contributed by atoms with Crippen molar-refractivity contribution in [2.75, 3.05) is 28.3 Å². The smallest absolute Gasteiger partial charge is 0.410 e. The molecule has 2 aromatic carbocycles. The lowest BCUT2D eigenvalue weighted by Gasteiger charge is -2.43. The molecule has 0 fully saturated rings. The summed E-state index contributed by atoms with van der Waals surface area (Å²) in [5, 5.41) is 12.7. The van der Waals surface area contributed by atoms with E-state index in [0.29, 0.717) is 11.5 Å². The number of methoxy groups -OCH3 is 2. The number of carboxylic acid groups (broad SMARTS) is 1. The van der Waals surface area contributed by atoms with E-state index in [4.69, 9.17) is 14.2 Å². The SMILES string of the molecule is COc1ccc(CSC(C)(C)[C@H](NC(=O)[C@@H](N(C)C(=O)OC(C)(C)C)C(C)(C)c2ccc(OC)cc2)C(=O)N(C)[C@H](C=C(C)C(=O)O)C(C)C)cc1. The first-order valence-corrected chi connectivity index (χ1v) is 18.3. The number of hydrogen-bond acceptors (Lipinski definition) is 8. The minimum Gasteiger partial charge on any atom is -0.497 e. The van der Waals surface area contributed by atoms with Crippen molar-refractivity contribution >= 4 is 35.6 Å². The molecule has 0 heterocycles. The molecule has 0 aliphatic heterocycles. The molecule has 0 radical (unpaired) electrons. The second-order valence-electron chi connectivity index (χ2n) is 15.5. The molecule has 11 nitrogen and oxygen atoms in total. The molecule has 12 heteroatoms. The van der Waals surface area contributed by atoms with E-state index < -0.39 is 57.8 Å². The number of thioether (sulfide) groups is 1. The summed E-state index contributed by atoms with van der Waals surface area (Å²) in [5.74, 6) is -0.316. The molecule has 2 rings (SSSR count). The van der Waals surface area contributed by atoms with E-state index in [1.807, 2.05) is 77.9 Å². The van der Waals surface area contributed by atoms with E-state index >= 15 is 0 Å². The van der Waals surface area contributed by atoms with E-state index in [-0.39, 0.29) is 11.5 Å². The number of ether oxygens (including phenoxy) is 3. The number of rotatable bonds is 16. The zero-order valence-electron chi connectivity index (χ0n) is 33.3. The Kier molecular flexibility index (Phi) is 15.2. The van der Waals surface area contributed by atoms with Crippen LogP contribution in [-0.4, -0.2) is 95.6 Å². The largest absolute Gasteiger partial charge is 0.497 e. The minimum atomic E-state index is -1.13. The molecule has 0 aliphatic carbocycles. The van der Waals surface area contributed by atoms with Crippen molar-refractivity contribution in [2.24, 2.45) is 5.92 Å². The fourth-order valence-corrected chi connectivity index (χ4v) is 6.92. The number of benzene rings is 2. The predicted molar refractivity (Wildman–Crippen MR) is 207 cm³/mol. The first-order chi connectivity index (χ1) is 24.0. The average Bonchev–Trinajstić information content (AvgIpc) is 3.07. The zero-order chi connectivity index (χ0) is 39.8. The van der Waals surface area contributed by atoms with Crippen molar-refractivity contribution < 1.29 is 38.5 Å². The Morgan fingerprint density at radius 1 is 0.846 bits per heavy atom. The Hall–Kier alpha value is -4.19. The maximum atomic E-state index is 14.8. The Morgan fingerprint density at radius 2 is 1.35 bits per heavy atom. The summed E-state index contributed by atoms with van der Waals surface area (Å²) in [6, 6.07) is 12.1. The van der Waals surface area contributed by atoms with Crippen LogP contribution < -0.4 is 14.8 Å². The zero-order valence-corrected chi connectivity index (χ0v) is 34.1. The number of carboxylic acids is 1. The second kappa shape index (κ2) is 18.0. The highest BCUT2D eigenvalue weighted by molar-refractivity contribution is 7.99. The third kappa shape index (κ3) is 11.7. The first kappa shape index (κ1) is 44.0. The molecule has 0 saturated carbocycles. The van der Waals surface area contributed by atoms with Gasteiger partial charge in [0.2, 0.25) is 11.8 Å². The highest BCUT2D eigenvalue weighted by Crippen LogP contribution is 2.36. The highest BCUT2D eigenvalue weighted by Gasteiger charge is 2.47. The number of nitrogens with one attached hydrogen (secondary N) is 1. The normalized spacial score (nSPS) is 14.2. The molecule has 0 unspecified atom stereocenters. The van der Waals surface area contributed by atoms with Gasteiger partial charge in [0.05, 0.1) is 20.3 Å². The average molecular weight is 742 g/mol. The van der Waals surface area contributed by atoms with E-state index in [1.165, 1.54) is 35.5 Å². The monoisotopic (exact) mass is 741 g/mol. The van der Waals surface area contributed by atoms with Gasteiger partial charge in [0.1, 0.15) is 29.2 Å². The maximum absolute atomic E-state index is 14.8. The van der Waals surface area contributed by atoms with Crippen LogP contribution in [0.2, 0.25) is 0 Å². The van der Waals surface area contributed by atoms with Gasteiger partial charge in [-0.3, -0.25) is 14.5 Å². The number of hydrogen-bond donors (Lipinski definition) is 2. The maximum Gasteiger partial charge on any atom is 0.410 e. The number of aliphatic carboxylic acids is 1. The fourth-order valence-electron chi connectivity index (χ4n) is 5.86.